The third kappa shape index (κ3) is 11.9. The Hall–Kier alpha value is -7.38. The molecule has 0 unspecified atom stereocenters. The van der Waals surface area contributed by atoms with Crippen molar-refractivity contribution in [2.75, 3.05) is 6.61 Å². The Labute approximate surface area is 394 Å². The Balaban J connectivity index is 1.07. The molecule has 11 heteroatoms. The van der Waals surface area contributed by atoms with E-state index in [1.54, 1.807) is 48.5 Å². The lowest BCUT2D eigenvalue weighted by molar-refractivity contribution is -0.310. The van der Waals surface area contributed by atoms with Gasteiger partial charge in [0.1, 0.15) is 42.4 Å². The number of carbonyl (C=O) groups is 1. The van der Waals surface area contributed by atoms with Crippen LogP contribution in [0.1, 0.15) is 38.2 Å². The fourth-order valence-electron chi connectivity index (χ4n) is 7.87. The van der Waals surface area contributed by atoms with Crippen molar-refractivity contribution in [3.05, 3.63) is 244 Å². The molecule has 0 bridgehead atoms. The molecule has 1 aromatic heterocycles. The molecule has 1 aliphatic rings. The minimum Gasteiger partial charge on any atom is -0.484 e. The Bertz CT molecular complexity index is 2860. The molecule has 11 nitrogen and oxygen atoms in total. The van der Waals surface area contributed by atoms with Crippen LogP contribution in [0.25, 0.3) is 11.0 Å². The topological polar surface area (TPSA) is 121 Å². The van der Waals surface area contributed by atoms with E-state index >= 15 is 0 Å². The zero-order valence-electron chi connectivity index (χ0n) is 37.2. The molecule has 0 radical (unpaired) electrons. The van der Waals surface area contributed by atoms with Gasteiger partial charge in [-0.2, -0.15) is 0 Å². The molecule has 9 rings (SSSR count). The van der Waals surface area contributed by atoms with E-state index in [-0.39, 0.29) is 61.4 Å². The van der Waals surface area contributed by atoms with Gasteiger partial charge in [0.2, 0.25) is 6.29 Å². The molecule has 5 atom stereocenters. The standard InChI is InChI=1S/C57H50O11/c58-55(45-29-17-6-18-30-45)68-53-50(61-35-41-21-9-2-10-22-41)47-32-31-46(33-48(47)66-56(53)59)65-57-54(64-38-44-27-15-5-16-28-44)52(63-37-43-25-13-4-14-26-43)51(62-36-42-23-11-3-12-24-42)49(67-57)39-60-34-40-19-7-1-8-20-40/h1-33,49,51-52,54,57H,34-39H2/t49-,51-,52+,54-,57-/m1/s1. The summed E-state index contributed by atoms with van der Waals surface area (Å²) in [5.74, 6) is -0.789. The quantitative estimate of drug-likeness (QED) is 0.0537. The maximum Gasteiger partial charge on any atom is 0.383 e. The maximum atomic E-state index is 13.8. The number of rotatable bonds is 20. The van der Waals surface area contributed by atoms with Crippen LogP contribution in [0.2, 0.25) is 0 Å². The van der Waals surface area contributed by atoms with Crippen LogP contribution >= 0.6 is 0 Å². The number of fused-ring (bicyclic) bond motifs is 1. The molecule has 344 valence electrons. The fraction of sp³-hybridized carbons (Fsp3) is 0.193. The zero-order valence-corrected chi connectivity index (χ0v) is 37.2. The van der Waals surface area contributed by atoms with Gasteiger partial charge in [-0.3, -0.25) is 0 Å². The lowest BCUT2D eigenvalue weighted by Crippen LogP contribution is -2.62. The van der Waals surface area contributed by atoms with Crippen LogP contribution in [0.3, 0.4) is 0 Å². The first-order chi connectivity index (χ1) is 33.5. The summed E-state index contributed by atoms with van der Waals surface area (Å²) in [4.78, 5) is 27.1. The first kappa shape index (κ1) is 45.8. The first-order valence-corrected chi connectivity index (χ1v) is 22.5. The highest BCUT2D eigenvalue weighted by molar-refractivity contribution is 5.93. The van der Waals surface area contributed by atoms with Crippen molar-refractivity contribution in [3.8, 4) is 17.2 Å². The number of esters is 1. The monoisotopic (exact) mass is 910 g/mol. The summed E-state index contributed by atoms with van der Waals surface area (Å²) in [5, 5.41) is 0.371. The van der Waals surface area contributed by atoms with Crippen LogP contribution < -0.4 is 19.8 Å². The van der Waals surface area contributed by atoms with Crippen LogP contribution in [0, 0.1) is 0 Å². The number of carbonyl (C=O) groups excluding carboxylic acids is 1. The number of ether oxygens (including phenoxy) is 8. The van der Waals surface area contributed by atoms with E-state index in [0.29, 0.717) is 12.0 Å². The summed E-state index contributed by atoms with van der Waals surface area (Å²) >= 11 is 0. The summed E-state index contributed by atoms with van der Waals surface area (Å²) in [7, 11) is 0. The second kappa shape index (κ2) is 22.9. The molecule has 2 heterocycles. The van der Waals surface area contributed by atoms with Crippen LogP contribution in [-0.4, -0.2) is 43.3 Å². The van der Waals surface area contributed by atoms with Crippen molar-refractivity contribution < 1.29 is 47.1 Å². The van der Waals surface area contributed by atoms with Gasteiger partial charge in [0.05, 0.1) is 44.0 Å². The normalized spacial score (nSPS) is 17.9. The summed E-state index contributed by atoms with van der Waals surface area (Å²) in [6.07, 6.45) is -4.10. The van der Waals surface area contributed by atoms with E-state index in [4.69, 9.17) is 42.3 Å². The molecule has 1 aliphatic heterocycles. The van der Waals surface area contributed by atoms with E-state index < -0.39 is 42.3 Å². The van der Waals surface area contributed by atoms with Crippen LogP contribution in [0.4, 0.5) is 0 Å². The average molecular weight is 911 g/mol. The summed E-state index contributed by atoms with van der Waals surface area (Å²) in [6, 6.07) is 62.3. The van der Waals surface area contributed by atoms with Gasteiger partial charge in [-0.05, 0) is 52.1 Å². The highest BCUT2D eigenvalue weighted by atomic mass is 16.7. The van der Waals surface area contributed by atoms with Gasteiger partial charge in [0.25, 0.3) is 5.75 Å². The van der Waals surface area contributed by atoms with Crippen molar-refractivity contribution in [3.63, 3.8) is 0 Å². The molecule has 0 saturated carbocycles. The molecule has 8 aromatic rings. The lowest BCUT2D eigenvalue weighted by atomic mass is 9.97. The van der Waals surface area contributed by atoms with E-state index in [2.05, 4.69) is 0 Å². The SMILES string of the molecule is O=C(Oc1c(OCc2ccccc2)c2ccc(O[C@@H]3O[C@H](COCc4ccccc4)[C@@H](OCc4ccccc4)[C@H](OCc4ccccc4)[C@H]3OCc3ccccc3)cc2oc1=O)c1ccccc1. The molecule has 1 fully saturated rings. The van der Waals surface area contributed by atoms with Gasteiger partial charge >= 0.3 is 11.6 Å². The minimum absolute atomic E-state index is 0.0392. The Kier molecular flexibility index (Phi) is 15.4. The van der Waals surface area contributed by atoms with Crippen molar-refractivity contribution in [1.82, 2.24) is 0 Å². The van der Waals surface area contributed by atoms with Crippen LogP contribution in [-0.2, 0) is 56.7 Å². The van der Waals surface area contributed by atoms with E-state index in [1.807, 2.05) is 152 Å². The van der Waals surface area contributed by atoms with Crippen molar-refractivity contribution >= 4 is 16.9 Å². The highest BCUT2D eigenvalue weighted by Crippen LogP contribution is 2.38. The number of hydrogen-bond donors (Lipinski definition) is 0. The highest BCUT2D eigenvalue weighted by Gasteiger charge is 2.50. The Morgan fingerprint density at radius 3 is 1.50 bits per heavy atom. The van der Waals surface area contributed by atoms with Crippen LogP contribution in [0.5, 0.6) is 17.2 Å². The predicted octanol–water partition coefficient (Wildman–Crippen LogP) is 10.7. The average Bonchev–Trinajstić information content (AvgIpc) is 3.39. The number of benzene rings is 7. The van der Waals surface area contributed by atoms with E-state index in [0.717, 1.165) is 27.8 Å². The molecule has 7 aromatic carbocycles. The van der Waals surface area contributed by atoms with E-state index in [9.17, 15) is 9.59 Å². The largest absolute Gasteiger partial charge is 0.484 e. The van der Waals surface area contributed by atoms with Gasteiger partial charge in [-0.1, -0.05) is 170 Å². The van der Waals surface area contributed by atoms with Gasteiger partial charge in [0, 0.05) is 6.07 Å². The smallest absolute Gasteiger partial charge is 0.383 e. The van der Waals surface area contributed by atoms with Crippen molar-refractivity contribution in [1.29, 1.82) is 0 Å². The van der Waals surface area contributed by atoms with Gasteiger partial charge in [0.15, 0.2) is 5.75 Å². The van der Waals surface area contributed by atoms with Crippen molar-refractivity contribution in [2.45, 2.75) is 63.7 Å². The molecule has 68 heavy (non-hydrogen) atoms. The molecule has 0 spiro atoms. The van der Waals surface area contributed by atoms with Gasteiger partial charge in [-0.25, -0.2) is 9.59 Å². The summed E-state index contributed by atoms with van der Waals surface area (Å²) in [5.41, 5.74) is 4.16. The number of hydrogen-bond acceptors (Lipinski definition) is 11. The summed E-state index contributed by atoms with van der Waals surface area (Å²) in [6.45, 7) is 1.27. The lowest BCUT2D eigenvalue weighted by Gasteiger charge is -2.45. The Morgan fingerprint density at radius 1 is 0.485 bits per heavy atom. The molecule has 1 saturated heterocycles. The molecular formula is C57H50O11. The van der Waals surface area contributed by atoms with Crippen molar-refractivity contribution in [2.24, 2.45) is 0 Å². The molecule has 0 amide bonds. The summed E-state index contributed by atoms with van der Waals surface area (Å²) < 4.78 is 58.5. The molecule has 0 aliphatic carbocycles. The molecule has 0 N–H and O–H groups in total. The van der Waals surface area contributed by atoms with E-state index in [1.165, 1.54) is 0 Å². The third-order valence-electron chi connectivity index (χ3n) is 11.3. The predicted molar refractivity (Wildman–Crippen MR) is 255 cm³/mol. The zero-order chi connectivity index (χ0) is 46.3. The maximum absolute atomic E-state index is 13.8. The van der Waals surface area contributed by atoms with Gasteiger partial charge in [-0.15, -0.1) is 0 Å². The third-order valence-corrected chi connectivity index (χ3v) is 11.3. The second-order valence-electron chi connectivity index (χ2n) is 16.2. The van der Waals surface area contributed by atoms with Crippen LogP contribution in [0.15, 0.2) is 209 Å². The second-order valence-corrected chi connectivity index (χ2v) is 16.2. The fourth-order valence-corrected chi connectivity index (χ4v) is 7.87. The first-order valence-electron chi connectivity index (χ1n) is 22.5. The van der Waals surface area contributed by atoms with Gasteiger partial charge < -0.3 is 42.3 Å². The molecular weight excluding hydrogens is 861 g/mol. The Morgan fingerprint density at radius 2 is 0.956 bits per heavy atom. The minimum atomic E-state index is -1.09.